The Balaban J connectivity index is 1.19. The van der Waals surface area contributed by atoms with Gasteiger partial charge < -0.3 is 9.80 Å². The highest BCUT2D eigenvalue weighted by molar-refractivity contribution is 5.78. The summed E-state index contributed by atoms with van der Waals surface area (Å²) in [5.41, 5.74) is 0.424. The smallest absolute Gasteiger partial charge is 0.277 e. The van der Waals surface area contributed by atoms with Crippen LogP contribution in [0, 0.1) is 11.8 Å². The number of aryl methyl sites for hydroxylation is 1. The van der Waals surface area contributed by atoms with Gasteiger partial charge >= 0.3 is 0 Å². The third-order valence-electron chi connectivity index (χ3n) is 6.92. The summed E-state index contributed by atoms with van der Waals surface area (Å²) in [4.78, 5) is 41.7. The predicted octanol–water partition coefficient (Wildman–Crippen LogP) is 1.43. The molecule has 30 heavy (non-hydrogen) atoms. The summed E-state index contributed by atoms with van der Waals surface area (Å²) in [6.07, 6.45) is 4.79. The quantitative estimate of drug-likeness (QED) is 0.762. The van der Waals surface area contributed by atoms with Crippen LogP contribution in [0.5, 0.6) is 0 Å². The van der Waals surface area contributed by atoms with Gasteiger partial charge in [-0.15, -0.1) is 5.10 Å². The number of benzene rings is 1. The molecule has 0 saturated carbocycles. The van der Waals surface area contributed by atoms with E-state index in [4.69, 9.17) is 0 Å². The van der Waals surface area contributed by atoms with E-state index in [1.807, 2.05) is 17.0 Å². The van der Waals surface area contributed by atoms with Crippen LogP contribution in [0.2, 0.25) is 0 Å². The lowest BCUT2D eigenvalue weighted by atomic mass is 9.76. The highest BCUT2D eigenvalue weighted by atomic mass is 16.2. The number of fused-ring (bicyclic) bond motifs is 5. The summed E-state index contributed by atoms with van der Waals surface area (Å²) in [6, 6.07) is 7.47. The van der Waals surface area contributed by atoms with Crippen molar-refractivity contribution in [2.45, 2.75) is 51.1 Å². The van der Waals surface area contributed by atoms with Crippen LogP contribution < -0.4 is 5.56 Å². The van der Waals surface area contributed by atoms with Gasteiger partial charge in [0, 0.05) is 45.1 Å². The molecule has 3 saturated heterocycles. The van der Waals surface area contributed by atoms with Crippen molar-refractivity contribution in [3.05, 3.63) is 34.6 Å². The molecule has 3 fully saturated rings. The molecule has 0 unspecified atom stereocenters. The molecule has 4 heterocycles. The number of nitrogens with zero attached hydrogens (tertiary/aromatic N) is 5. The number of aromatic nitrogens is 3. The SMILES string of the molecule is O=C(CCCn1nnc2ccccc2c1=O)N1C[C@H]2C[C@@H](C1)[C@@H]1CCCC(=O)N1C2. The normalized spacial score (nSPS) is 26.0. The van der Waals surface area contributed by atoms with Crippen molar-refractivity contribution in [2.75, 3.05) is 19.6 Å². The topological polar surface area (TPSA) is 88.4 Å². The number of likely N-dealkylation sites (tertiary alicyclic amines) is 1. The summed E-state index contributed by atoms with van der Waals surface area (Å²) >= 11 is 0. The van der Waals surface area contributed by atoms with E-state index in [0.717, 1.165) is 38.9 Å². The number of rotatable bonds is 4. The van der Waals surface area contributed by atoms with Crippen LogP contribution in [0.25, 0.3) is 10.9 Å². The Morgan fingerprint density at radius 2 is 2.00 bits per heavy atom. The van der Waals surface area contributed by atoms with E-state index >= 15 is 0 Å². The fourth-order valence-electron chi connectivity index (χ4n) is 5.52. The van der Waals surface area contributed by atoms with Crippen LogP contribution >= 0.6 is 0 Å². The predicted molar refractivity (Wildman–Crippen MR) is 111 cm³/mol. The van der Waals surface area contributed by atoms with Crippen molar-refractivity contribution in [1.29, 1.82) is 0 Å². The average molecular weight is 409 g/mol. The van der Waals surface area contributed by atoms with Gasteiger partial charge in [0.1, 0.15) is 5.52 Å². The molecule has 5 rings (SSSR count). The molecule has 2 amide bonds. The Bertz CT molecular complexity index is 1030. The highest BCUT2D eigenvalue weighted by Crippen LogP contribution is 2.38. The number of carbonyl (C=O) groups is 2. The molecule has 8 heteroatoms. The molecule has 3 aliphatic rings. The first-order chi connectivity index (χ1) is 14.6. The van der Waals surface area contributed by atoms with Crippen molar-refractivity contribution < 1.29 is 9.59 Å². The van der Waals surface area contributed by atoms with Gasteiger partial charge in [-0.3, -0.25) is 14.4 Å². The van der Waals surface area contributed by atoms with Gasteiger partial charge in [-0.1, -0.05) is 17.3 Å². The van der Waals surface area contributed by atoms with Gasteiger partial charge in [0.2, 0.25) is 11.8 Å². The number of piperidine rings is 3. The van der Waals surface area contributed by atoms with E-state index in [9.17, 15) is 14.4 Å². The second-order valence-electron chi connectivity index (χ2n) is 8.90. The maximum atomic E-state index is 12.9. The molecule has 0 aliphatic carbocycles. The molecule has 3 atom stereocenters. The molecule has 0 N–H and O–H groups in total. The number of carbonyl (C=O) groups excluding carboxylic acids is 2. The van der Waals surface area contributed by atoms with Gasteiger partial charge in [-0.2, -0.15) is 0 Å². The zero-order valence-electron chi connectivity index (χ0n) is 17.1. The first kappa shape index (κ1) is 19.2. The van der Waals surface area contributed by atoms with Crippen LogP contribution in [0.3, 0.4) is 0 Å². The molecule has 2 aromatic rings. The molecule has 1 aromatic carbocycles. The van der Waals surface area contributed by atoms with Gasteiger partial charge in [0.25, 0.3) is 5.56 Å². The molecule has 3 aliphatic heterocycles. The van der Waals surface area contributed by atoms with Crippen molar-refractivity contribution in [2.24, 2.45) is 11.8 Å². The minimum absolute atomic E-state index is 0.141. The first-order valence-corrected chi connectivity index (χ1v) is 11.0. The summed E-state index contributed by atoms with van der Waals surface area (Å²) < 4.78 is 1.35. The number of hydrogen-bond donors (Lipinski definition) is 0. The van der Waals surface area contributed by atoms with Crippen LogP contribution in [-0.4, -0.2) is 62.3 Å². The molecular weight excluding hydrogens is 382 g/mol. The minimum atomic E-state index is -0.164. The zero-order valence-corrected chi connectivity index (χ0v) is 17.1. The van der Waals surface area contributed by atoms with Crippen LogP contribution in [0.1, 0.15) is 38.5 Å². The molecule has 8 nitrogen and oxygen atoms in total. The van der Waals surface area contributed by atoms with Crippen LogP contribution in [0.15, 0.2) is 29.1 Å². The van der Waals surface area contributed by atoms with Gasteiger partial charge in [0.15, 0.2) is 0 Å². The van der Waals surface area contributed by atoms with Crippen LogP contribution in [-0.2, 0) is 16.1 Å². The first-order valence-electron chi connectivity index (χ1n) is 11.0. The molecule has 1 aromatic heterocycles. The van der Waals surface area contributed by atoms with Crippen LogP contribution in [0.4, 0.5) is 0 Å². The summed E-state index contributed by atoms with van der Waals surface area (Å²) in [6.45, 7) is 2.67. The zero-order chi connectivity index (χ0) is 20.7. The maximum Gasteiger partial charge on any atom is 0.277 e. The Kier molecular flexibility index (Phi) is 5.00. The number of amides is 2. The standard InChI is InChI=1S/C22H27N5O3/c28-20(9-4-10-27-22(30)17-5-1-2-6-18(17)23-24-27)25-12-15-11-16(14-25)19-7-3-8-21(29)26(19)13-15/h1-2,5-6,15-16,19H,3-4,7-14H2/t15-,16+,19+/m1/s1. The van der Waals surface area contributed by atoms with E-state index in [-0.39, 0.29) is 11.5 Å². The Morgan fingerprint density at radius 3 is 2.90 bits per heavy atom. The second-order valence-corrected chi connectivity index (χ2v) is 8.90. The van der Waals surface area contributed by atoms with Gasteiger partial charge in [-0.05, 0) is 49.7 Å². The van der Waals surface area contributed by atoms with Crippen molar-refractivity contribution in [3.63, 3.8) is 0 Å². The highest BCUT2D eigenvalue weighted by Gasteiger charge is 2.44. The molecule has 158 valence electrons. The van der Waals surface area contributed by atoms with Gasteiger partial charge in [0.05, 0.1) is 5.39 Å². The maximum absolute atomic E-state index is 12.9. The lowest BCUT2D eigenvalue weighted by Gasteiger charge is -2.52. The fraction of sp³-hybridized carbons (Fsp3) is 0.591. The van der Waals surface area contributed by atoms with Crippen molar-refractivity contribution in [1.82, 2.24) is 24.8 Å². The third-order valence-corrected chi connectivity index (χ3v) is 6.92. The Labute approximate surface area is 174 Å². The molecular formula is C22H27N5O3. The van der Waals surface area contributed by atoms with E-state index in [1.54, 1.807) is 12.1 Å². The molecule has 0 radical (unpaired) electrons. The minimum Gasteiger partial charge on any atom is -0.342 e. The lowest BCUT2D eigenvalue weighted by molar-refractivity contribution is -0.148. The Hall–Kier alpha value is -2.77. The molecule has 0 spiro atoms. The van der Waals surface area contributed by atoms with E-state index < -0.39 is 0 Å². The monoisotopic (exact) mass is 409 g/mol. The lowest BCUT2D eigenvalue weighted by Crippen LogP contribution is -2.61. The van der Waals surface area contributed by atoms with Crippen molar-refractivity contribution in [3.8, 4) is 0 Å². The Morgan fingerprint density at radius 1 is 1.13 bits per heavy atom. The van der Waals surface area contributed by atoms with Gasteiger partial charge in [-0.25, -0.2) is 4.68 Å². The van der Waals surface area contributed by atoms with E-state index in [2.05, 4.69) is 15.2 Å². The van der Waals surface area contributed by atoms with Crippen molar-refractivity contribution >= 4 is 22.7 Å². The van der Waals surface area contributed by atoms with E-state index in [0.29, 0.717) is 60.5 Å². The molecule has 2 bridgehead atoms. The average Bonchev–Trinajstić information content (AvgIpc) is 2.76. The number of hydrogen-bond acceptors (Lipinski definition) is 5. The summed E-state index contributed by atoms with van der Waals surface area (Å²) in [5.74, 6) is 1.23. The second kappa shape index (κ2) is 7.81. The largest absolute Gasteiger partial charge is 0.342 e. The fourth-order valence-corrected chi connectivity index (χ4v) is 5.52. The summed E-state index contributed by atoms with van der Waals surface area (Å²) in [7, 11) is 0. The van der Waals surface area contributed by atoms with E-state index in [1.165, 1.54) is 4.68 Å². The summed E-state index contributed by atoms with van der Waals surface area (Å²) in [5, 5.41) is 8.65. The third kappa shape index (κ3) is 3.48.